The number of fused-ring (bicyclic) bond motifs is 4. The number of nitrogens with zero attached hydrogens (tertiary/aromatic N) is 4. The Kier molecular flexibility index (Phi) is 6.54. The van der Waals surface area contributed by atoms with Gasteiger partial charge in [-0.15, -0.1) is 0 Å². The SMILES string of the molecule is Cc1ccc2nc(-c3ccc4c(c3)C(=O)N(c3cccc(N5C(=O)c6ccc(-c7nc8ccc(C)cc8c(=O)o7)cc6C5=O)c3)C4=O)oc(=O)c2c1. The monoisotopic (exact) mass is 686 g/mol. The summed E-state index contributed by atoms with van der Waals surface area (Å²) in [4.78, 5) is 90.9. The van der Waals surface area contributed by atoms with Crippen molar-refractivity contribution in [3.63, 3.8) is 0 Å². The van der Waals surface area contributed by atoms with Crippen molar-refractivity contribution in [2.24, 2.45) is 0 Å². The van der Waals surface area contributed by atoms with Crippen LogP contribution in [0, 0.1) is 13.8 Å². The lowest BCUT2D eigenvalue weighted by Crippen LogP contribution is -2.31. The van der Waals surface area contributed by atoms with Crippen LogP contribution in [0.25, 0.3) is 44.7 Å². The zero-order chi connectivity index (χ0) is 36.0. The summed E-state index contributed by atoms with van der Waals surface area (Å²) in [6, 6.07) is 25.3. The Morgan fingerprint density at radius 3 is 1.33 bits per heavy atom. The summed E-state index contributed by atoms with van der Waals surface area (Å²) >= 11 is 0. The topological polar surface area (TPSA) is 161 Å². The first-order valence-corrected chi connectivity index (χ1v) is 16.1. The second-order valence-electron chi connectivity index (χ2n) is 12.6. The number of imide groups is 2. The number of rotatable bonds is 4. The third kappa shape index (κ3) is 4.62. The molecule has 2 aliphatic rings. The molecule has 0 N–H and O–H groups in total. The van der Waals surface area contributed by atoms with E-state index in [0.717, 1.165) is 20.9 Å². The number of hydrogen-bond donors (Lipinski definition) is 0. The van der Waals surface area contributed by atoms with Gasteiger partial charge in [0.05, 0.1) is 55.4 Å². The van der Waals surface area contributed by atoms with Gasteiger partial charge in [-0.2, -0.15) is 0 Å². The summed E-state index contributed by atoms with van der Waals surface area (Å²) in [7, 11) is 0. The Bertz CT molecular complexity index is 2730. The van der Waals surface area contributed by atoms with Crippen molar-refractivity contribution in [3.8, 4) is 22.9 Å². The highest BCUT2D eigenvalue weighted by molar-refractivity contribution is 6.36. The smallest absolute Gasteiger partial charge is 0.347 e. The maximum absolute atomic E-state index is 13.8. The molecule has 0 radical (unpaired) electrons. The molecule has 5 aromatic carbocycles. The lowest BCUT2D eigenvalue weighted by atomic mass is 10.1. The molecule has 0 saturated heterocycles. The van der Waals surface area contributed by atoms with Crippen LogP contribution < -0.4 is 21.1 Å². The van der Waals surface area contributed by atoms with E-state index in [0.29, 0.717) is 32.9 Å². The zero-order valence-corrected chi connectivity index (χ0v) is 27.3. The van der Waals surface area contributed by atoms with Gasteiger partial charge in [-0.25, -0.2) is 29.4 Å². The highest BCUT2D eigenvalue weighted by Crippen LogP contribution is 2.36. The molecule has 2 aliphatic heterocycles. The van der Waals surface area contributed by atoms with Crippen LogP contribution in [0.3, 0.4) is 0 Å². The first-order valence-electron chi connectivity index (χ1n) is 16.1. The Balaban J connectivity index is 1.02. The van der Waals surface area contributed by atoms with E-state index in [4.69, 9.17) is 8.83 Å². The van der Waals surface area contributed by atoms with Crippen LogP contribution in [0.2, 0.25) is 0 Å². The van der Waals surface area contributed by atoms with Crippen LogP contribution in [0.5, 0.6) is 0 Å². The van der Waals surface area contributed by atoms with Crippen molar-refractivity contribution in [2.75, 3.05) is 9.80 Å². The molecule has 52 heavy (non-hydrogen) atoms. The molecule has 0 fully saturated rings. The van der Waals surface area contributed by atoms with Gasteiger partial charge in [-0.05, 0) is 92.7 Å². The zero-order valence-electron chi connectivity index (χ0n) is 27.3. The minimum absolute atomic E-state index is 0.00717. The van der Waals surface area contributed by atoms with Crippen molar-refractivity contribution < 1.29 is 28.0 Å². The van der Waals surface area contributed by atoms with Crippen LogP contribution >= 0.6 is 0 Å². The molecule has 250 valence electrons. The predicted molar refractivity (Wildman–Crippen MR) is 190 cm³/mol. The second-order valence-corrected chi connectivity index (χ2v) is 12.6. The van der Waals surface area contributed by atoms with E-state index < -0.39 is 34.9 Å². The van der Waals surface area contributed by atoms with Gasteiger partial charge in [0.25, 0.3) is 23.6 Å². The molecular weight excluding hydrogens is 664 g/mol. The number of aryl methyl sites for hydroxylation is 2. The maximum atomic E-state index is 13.8. The van der Waals surface area contributed by atoms with Crippen LogP contribution in [0.15, 0.2) is 115 Å². The molecule has 4 heterocycles. The van der Waals surface area contributed by atoms with Crippen molar-refractivity contribution in [2.45, 2.75) is 13.8 Å². The Hall–Kier alpha value is -7.34. The summed E-state index contributed by atoms with van der Waals surface area (Å²) in [5.74, 6) is -2.54. The van der Waals surface area contributed by atoms with Crippen LogP contribution in [0.1, 0.15) is 52.6 Å². The molecule has 12 heteroatoms. The fraction of sp³-hybridized carbons (Fsp3) is 0.0500. The summed E-state index contributed by atoms with van der Waals surface area (Å²) in [6.45, 7) is 3.70. The second kappa shape index (κ2) is 11.1. The highest BCUT2D eigenvalue weighted by atomic mass is 16.4. The molecule has 4 amide bonds. The lowest BCUT2D eigenvalue weighted by Gasteiger charge is -2.18. The summed E-state index contributed by atoms with van der Waals surface area (Å²) in [5.41, 5.74) is 2.73. The molecule has 0 spiro atoms. The Morgan fingerprint density at radius 1 is 0.462 bits per heavy atom. The van der Waals surface area contributed by atoms with E-state index in [1.807, 2.05) is 26.0 Å². The predicted octanol–water partition coefficient (Wildman–Crippen LogP) is 6.24. The summed E-state index contributed by atoms with van der Waals surface area (Å²) in [5, 5.41) is 0.650. The first kappa shape index (κ1) is 30.7. The molecule has 0 unspecified atom stereocenters. The van der Waals surface area contributed by atoms with E-state index in [1.54, 1.807) is 36.4 Å². The van der Waals surface area contributed by atoms with E-state index in [9.17, 15) is 28.8 Å². The standard InChI is InChI=1S/C40H22N4O8/c1-19-6-12-31-29(14-19)39(49)51-33(41-31)21-8-10-25-27(16-21)37(47)43(35(25)45)23-4-3-5-24(18-23)44-36(46)26-11-9-22(17-28(26)38(44)48)34-42-32-13-7-20(2)15-30(32)40(50)52-34/h3-18H,1-2H3. The van der Waals surface area contributed by atoms with Crippen LogP contribution in [0.4, 0.5) is 11.4 Å². The number of hydrogen-bond acceptors (Lipinski definition) is 10. The summed E-state index contributed by atoms with van der Waals surface area (Å²) in [6.07, 6.45) is 0. The van der Waals surface area contributed by atoms with E-state index >= 15 is 0 Å². The molecule has 0 bridgehead atoms. The molecule has 7 aromatic rings. The van der Waals surface area contributed by atoms with Gasteiger partial charge in [0.15, 0.2) is 0 Å². The van der Waals surface area contributed by atoms with Crippen molar-refractivity contribution in [3.05, 3.63) is 151 Å². The Labute approximate surface area is 292 Å². The van der Waals surface area contributed by atoms with Gasteiger partial charge in [0, 0.05) is 11.1 Å². The van der Waals surface area contributed by atoms with Crippen molar-refractivity contribution in [1.82, 2.24) is 9.97 Å². The highest BCUT2D eigenvalue weighted by Gasteiger charge is 2.40. The number of benzene rings is 5. The minimum Gasteiger partial charge on any atom is -0.403 e. The molecule has 0 saturated carbocycles. The van der Waals surface area contributed by atoms with Crippen LogP contribution in [-0.4, -0.2) is 33.6 Å². The number of carbonyl (C=O) groups excluding carboxylic acids is 4. The molecule has 0 aliphatic carbocycles. The fourth-order valence-corrected chi connectivity index (χ4v) is 6.61. The van der Waals surface area contributed by atoms with Crippen LogP contribution in [-0.2, 0) is 0 Å². The molecule has 0 atom stereocenters. The van der Waals surface area contributed by atoms with Crippen molar-refractivity contribution >= 4 is 56.8 Å². The van der Waals surface area contributed by atoms with Gasteiger partial charge in [0.1, 0.15) is 0 Å². The third-order valence-electron chi connectivity index (χ3n) is 9.18. The molecule has 12 nitrogen and oxygen atoms in total. The normalized spacial score (nSPS) is 13.8. The van der Waals surface area contributed by atoms with Gasteiger partial charge in [-0.3, -0.25) is 19.2 Å². The largest absolute Gasteiger partial charge is 0.403 e. The number of anilines is 2. The molecule has 2 aromatic heterocycles. The minimum atomic E-state index is -0.649. The van der Waals surface area contributed by atoms with Gasteiger partial charge in [-0.1, -0.05) is 29.3 Å². The number of carbonyl (C=O) groups is 4. The first-order chi connectivity index (χ1) is 25.0. The average Bonchev–Trinajstić information content (AvgIpc) is 3.55. The van der Waals surface area contributed by atoms with E-state index in [2.05, 4.69) is 9.97 Å². The van der Waals surface area contributed by atoms with Gasteiger partial charge >= 0.3 is 11.3 Å². The lowest BCUT2D eigenvalue weighted by molar-refractivity contribution is 0.0912. The quantitative estimate of drug-likeness (QED) is 0.194. The van der Waals surface area contributed by atoms with Crippen molar-refractivity contribution in [1.29, 1.82) is 0 Å². The molecule has 9 rings (SSSR count). The number of aromatic nitrogens is 2. The average molecular weight is 687 g/mol. The molecular formula is C40H22N4O8. The maximum Gasteiger partial charge on any atom is 0.347 e. The van der Waals surface area contributed by atoms with Gasteiger partial charge < -0.3 is 8.83 Å². The third-order valence-corrected chi connectivity index (χ3v) is 9.18. The fourth-order valence-electron chi connectivity index (χ4n) is 6.61. The van der Waals surface area contributed by atoms with E-state index in [-0.39, 0.29) is 45.4 Å². The number of amides is 4. The Morgan fingerprint density at radius 2 is 0.885 bits per heavy atom. The van der Waals surface area contributed by atoms with Gasteiger partial charge in [0.2, 0.25) is 11.8 Å². The van der Waals surface area contributed by atoms with E-state index in [1.165, 1.54) is 48.5 Å². The summed E-state index contributed by atoms with van der Waals surface area (Å²) < 4.78 is 10.9.